The Kier molecular flexibility index (Phi) is 4.65. The monoisotopic (exact) mass is 454 g/mol. The molecule has 2 saturated heterocycles. The predicted octanol–water partition coefficient (Wildman–Crippen LogP) is 2.02. The van der Waals surface area contributed by atoms with Crippen LogP contribution in [0.15, 0.2) is 53.8 Å². The molecular formula is C23H23ClN4O4. The van der Waals surface area contributed by atoms with Gasteiger partial charge in [0.25, 0.3) is 0 Å². The van der Waals surface area contributed by atoms with Gasteiger partial charge in [0.2, 0.25) is 0 Å². The van der Waals surface area contributed by atoms with E-state index in [0.717, 1.165) is 27.4 Å². The van der Waals surface area contributed by atoms with Crippen LogP contribution in [0.4, 0.5) is 0 Å². The molecule has 6 rings (SSSR count). The van der Waals surface area contributed by atoms with E-state index in [9.17, 15) is 0 Å². The highest BCUT2D eigenvalue weighted by atomic mass is 35.5. The van der Waals surface area contributed by atoms with Gasteiger partial charge in [0, 0.05) is 23.8 Å². The van der Waals surface area contributed by atoms with Crippen molar-refractivity contribution in [3.63, 3.8) is 0 Å². The van der Waals surface area contributed by atoms with Crippen LogP contribution in [0.3, 0.4) is 0 Å². The van der Waals surface area contributed by atoms with Crippen LogP contribution in [0.5, 0.6) is 5.75 Å². The van der Waals surface area contributed by atoms with Gasteiger partial charge < -0.3 is 28.8 Å². The molecular weight excluding hydrogens is 432 g/mol. The summed E-state index contributed by atoms with van der Waals surface area (Å²) in [6.45, 7) is 4.57. The maximum absolute atomic E-state index is 6.42. The number of benzene rings is 1. The van der Waals surface area contributed by atoms with Crippen LogP contribution in [-0.2, 0) is 14.2 Å². The fourth-order valence-electron chi connectivity index (χ4n) is 4.59. The number of hydrogen-bond donors (Lipinski definition) is 1. The van der Waals surface area contributed by atoms with E-state index in [1.54, 1.807) is 6.20 Å². The fraction of sp³-hybridized carbons (Fsp3) is 0.391. The summed E-state index contributed by atoms with van der Waals surface area (Å²) in [5.74, 6) is 0.0248. The van der Waals surface area contributed by atoms with Gasteiger partial charge in [-0.2, -0.15) is 0 Å². The van der Waals surface area contributed by atoms with Gasteiger partial charge in [-0.15, -0.1) is 0 Å². The van der Waals surface area contributed by atoms with Crippen LogP contribution < -0.4 is 20.8 Å². The number of ether oxygens (including phenoxy) is 4. The average molecular weight is 455 g/mol. The SMILES string of the molecule is CC1(C)O[C@@H]2[C@H](O1)[C@@H](COc1ccc3cccnc3c1)O[C@H]2n1ccc2c1=NCNC=2Cl. The van der Waals surface area contributed by atoms with Crippen molar-refractivity contribution in [2.75, 3.05) is 13.3 Å². The van der Waals surface area contributed by atoms with E-state index >= 15 is 0 Å². The van der Waals surface area contributed by atoms with Gasteiger partial charge in [0.15, 0.2) is 12.0 Å². The van der Waals surface area contributed by atoms with Crippen LogP contribution in [0.25, 0.3) is 16.1 Å². The number of halogens is 1. The maximum atomic E-state index is 6.42. The lowest BCUT2D eigenvalue weighted by atomic mass is 10.1. The van der Waals surface area contributed by atoms with Crippen molar-refractivity contribution in [1.82, 2.24) is 14.9 Å². The van der Waals surface area contributed by atoms with E-state index in [2.05, 4.69) is 15.3 Å². The molecule has 8 nitrogen and oxygen atoms in total. The van der Waals surface area contributed by atoms with Crippen molar-refractivity contribution in [3.8, 4) is 5.75 Å². The molecule has 9 heteroatoms. The summed E-state index contributed by atoms with van der Waals surface area (Å²) >= 11 is 6.32. The number of rotatable bonds is 4. The van der Waals surface area contributed by atoms with Crippen molar-refractivity contribution in [3.05, 3.63) is 59.5 Å². The Labute approximate surface area is 189 Å². The zero-order valence-corrected chi connectivity index (χ0v) is 18.5. The lowest BCUT2D eigenvalue weighted by Crippen LogP contribution is -2.41. The second kappa shape index (κ2) is 7.45. The molecule has 0 aliphatic carbocycles. The lowest BCUT2D eigenvalue weighted by Gasteiger charge is -2.25. The summed E-state index contributed by atoms with van der Waals surface area (Å²) in [7, 11) is 0. The Morgan fingerprint density at radius 3 is 3.00 bits per heavy atom. The molecule has 2 fully saturated rings. The quantitative estimate of drug-likeness (QED) is 0.608. The molecule has 5 heterocycles. The third-order valence-electron chi connectivity index (χ3n) is 5.98. The minimum Gasteiger partial charge on any atom is -0.491 e. The fourth-order valence-corrected chi connectivity index (χ4v) is 4.80. The van der Waals surface area contributed by atoms with Gasteiger partial charge in [-0.05, 0) is 38.1 Å². The molecule has 3 aliphatic rings. The first-order chi connectivity index (χ1) is 15.5. The second-order valence-corrected chi connectivity index (χ2v) is 8.94. The zero-order valence-electron chi connectivity index (χ0n) is 17.7. The molecule has 4 atom stereocenters. The topological polar surface area (TPSA) is 79.1 Å². The molecule has 0 spiro atoms. The molecule has 0 radical (unpaired) electrons. The molecule has 2 aromatic heterocycles. The van der Waals surface area contributed by atoms with Crippen molar-refractivity contribution in [1.29, 1.82) is 0 Å². The number of nitrogens with zero attached hydrogens (tertiary/aromatic N) is 3. The first-order valence-electron chi connectivity index (χ1n) is 10.6. The Hall–Kier alpha value is -2.65. The molecule has 0 saturated carbocycles. The lowest BCUT2D eigenvalue weighted by molar-refractivity contribution is -0.199. The molecule has 166 valence electrons. The summed E-state index contributed by atoms with van der Waals surface area (Å²) in [5.41, 5.74) is 1.66. The number of nitrogens with one attached hydrogen (secondary N) is 1. The smallest absolute Gasteiger partial charge is 0.164 e. The molecule has 3 aliphatic heterocycles. The third-order valence-corrected chi connectivity index (χ3v) is 6.32. The Bertz CT molecular complexity index is 1310. The highest BCUT2D eigenvalue weighted by Crippen LogP contribution is 2.42. The second-order valence-electron chi connectivity index (χ2n) is 8.57. The van der Waals surface area contributed by atoms with E-state index in [1.165, 1.54) is 0 Å². The predicted molar refractivity (Wildman–Crippen MR) is 117 cm³/mol. The first kappa shape index (κ1) is 20.0. The van der Waals surface area contributed by atoms with Gasteiger partial charge in [-0.3, -0.25) is 4.98 Å². The van der Waals surface area contributed by atoms with Crippen LogP contribution in [0.1, 0.15) is 20.1 Å². The first-order valence-corrected chi connectivity index (χ1v) is 11.0. The summed E-state index contributed by atoms with van der Waals surface area (Å²) in [6.07, 6.45) is 2.42. The molecule has 1 N–H and O–H groups in total. The molecule has 32 heavy (non-hydrogen) atoms. The minimum atomic E-state index is -0.710. The highest BCUT2D eigenvalue weighted by molar-refractivity contribution is 6.44. The number of aromatic nitrogens is 2. The maximum Gasteiger partial charge on any atom is 0.164 e. The van der Waals surface area contributed by atoms with E-state index in [-0.39, 0.29) is 18.3 Å². The van der Waals surface area contributed by atoms with E-state index in [4.69, 9.17) is 30.5 Å². The third kappa shape index (κ3) is 3.34. The Morgan fingerprint density at radius 2 is 2.09 bits per heavy atom. The molecule has 3 aromatic rings. The number of pyridine rings is 1. The van der Waals surface area contributed by atoms with Gasteiger partial charge >= 0.3 is 0 Å². The van der Waals surface area contributed by atoms with Crippen molar-refractivity contribution in [2.24, 2.45) is 4.99 Å². The summed E-state index contributed by atoms with van der Waals surface area (Å²) in [6, 6.07) is 11.7. The Balaban J connectivity index is 1.28. The molecule has 0 bridgehead atoms. The van der Waals surface area contributed by atoms with Gasteiger partial charge in [0.1, 0.15) is 48.0 Å². The van der Waals surface area contributed by atoms with Gasteiger partial charge in [-0.25, -0.2) is 4.99 Å². The van der Waals surface area contributed by atoms with E-state index in [1.807, 2.05) is 61.0 Å². The van der Waals surface area contributed by atoms with Crippen LogP contribution in [0.2, 0.25) is 0 Å². The van der Waals surface area contributed by atoms with Crippen LogP contribution in [0, 0.1) is 0 Å². The van der Waals surface area contributed by atoms with E-state index < -0.39 is 12.0 Å². The summed E-state index contributed by atoms with van der Waals surface area (Å²) in [5, 5.41) is 5.54. The highest BCUT2D eigenvalue weighted by Gasteiger charge is 2.56. The number of hydrogen-bond acceptors (Lipinski definition) is 7. The van der Waals surface area contributed by atoms with Crippen molar-refractivity contribution < 1.29 is 18.9 Å². The summed E-state index contributed by atoms with van der Waals surface area (Å²) in [4.78, 5) is 8.98. The standard InChI is InChI=1S/C23H23ClN4O4/c1-23(2)31-18-17(11-29-14-6-5-13-4-3-8-25-16(13)10-14)30-22(19(18)32-23)28-9-7-15-20(24)26-12-27-21(15)28/h3-10,17-19,22,26H,11-12H2,1-2H3/t17-,18-,19-,22-/m1/s1. The Morgan fingerprint density at radius 1 is 1.22 bits per heavy atom. The van der Waals surface area contributed by atoms with E-state index in [0.29, 0.717) is 18.4 Å². The molecule has 0 unspecified atom stereocenters. The van der Waals surface area contributed by atoms with Gasteiger partial charge in [0.05, 0.1) is 10.7 Å². The summed E-state index contributed by atoms with van der Waals surface area (Å²) < 4.78 is 26.9. The van der Waals surface area contributed by atoms with Gasteiger partial charge in [-0.1, -0.05) is 17.7 Å². The normalized spacial score (nSPS) is 28.2. The number of fused-ring (bicyclic) bond motifs is 3. The zero-order chi connectivity index (χ0) is 21.9. The largest absolute Gasteiger partial charge is 0.491 e. The van der Waals surface area contributed by atoms with Crippen molar-refractivity contribution in [2.45, 2.75) is 44.2 Å². The van der Waals surface area contributed by atoms with Crippen molar-refractivity contribution >= 4 is 27.7 Å². The van der Waals surface area contributed by atoms with Crippen LogP contribution >= 0.6 is 11.6 Å². The minimum absolute atomic E-state index is 0.271. The average Bonchev–Trinajstić information content (AvgIpc) is 3.44. The molecule has 0 amide bonds. The molecule has 1 aromatic carbocycles. The van der Waals surface area contributed by atoms with Crippen LogP contribution in [-0.4, -0.2) is 46.9 Å².